The van der Waals surface area contributed by atoms with Crippen molar-refractivity contribution in [3.63, 3.8) is 0 Å². The van der Waals surface area contributed by atoms with Crippen LogP contribution in [0.2, 0.25) is 0 Å². The normalized spacial score (nSPS) is 9.76. The molecular weight excluding hydrogens is 220 g/mol. The van der Waals surface area contributed by atoms with Crippen LogP contribution in [0.5, 0.6) is 5.88 Å². The van der Waals surface area contributed by atoms with Crippen molar-refractivity contribution in [2.75, 3.05) is 7.11 Å². The Bertz CT molecular complexity index is 445. The highest BCUT2D eigenvalue weighted by atomic mass is 16.5. The van der Waals surface area contributed by atoms with Crippen molar-refractivity contribution in [2.24, 2.45) is 7.05 Å². The number of hydrogen-bond donors (Lipinski definition) is 1. The van der Waals surface area contributed by atoms with Gasteiger partial charge in [0.1, 0.15) is 6.42 Å². The number of nitrogens with one attached hydrogen (secondary N) is 1. The zero-order valence-corrected chi connectivity index (χ0v) is 10.3. The Kier molecular flexibility index (Phi) is 4.52. The maximum Gasteiger partial charge on any atom is 0.234 e. The number of methoxy groups -OCH3 is 1. The number of nitrogens with zero attached hydrogens (tertiary/aromatic N) is 3. The third-order valence-electron chi connectivity index (χ3n) is 2.40. The van der Waals surface area contributed by atoms with Crippen molar-refractivity contribution in [1.29, 1.82) is 5.26 Å². The second-order valence-corrected chi connectivity index (χ2v) is 3.52. The Morgan fingerprint density at radius 1 is 1.65 bits per heavy atom. The van der Waals surface area contributed by atoms with Gasteiger partial charge in [0.15, 0.2) is 0 Å². The second kappa shape index (κ2) is 5.89. The fourth-order valence-corrected chi connectivity index (χ4v) is 1.64. The van der Waals surface area contributed by atoms with E-state index in [2.05, 4.69) is 10.4 Å². The van der Waals surface area contributed by atoms with E-state index in [1.165, 1.54) is 0 Å². The van der Waals surface area contributed by atoms with Crippen molar-refractivity contribution in [2.45, 2.75) is 26.3 Å². The molecule has 0 fully saturated rings. The van der Waals surface area contributed by atoms with Gasteiger partial charge in [-0.3, -0.25) is 4.79 Å². The van der Waals surface area contributed by atoms with Gasteiger partial charge in [0.2, 0.25) is 11.8 Å². The average molecular weight is 236 g/mol. The first-order valence-electron chi connectivity index (χ1n) is 5.36. The van der Waals surface area contributed by atoms with Gasteiger partial charge in [-0.1, -0.05) is 6.92 Å². The molecule has 0 bridgehead atoms. The largest absolute Gasteiger partial charge is 0.481 e. The minimum atomic E-state index is -0.291. The van der Waals surface area contributed by atoms with Gasteiger partial charge < -0.3 is 10.1 Å². The smallest absolute Gasteiger partial charge is 0.234 e. The zero-order valence-electron chi connectivity index (χ0n) is 10.3. The molecule has 0 saturated heterocycles. The molecule has 92 valence electrons. The van der Waals surface area contributed by atoms with Crippen LogP contribution in [0.15, 0.2) is 0 Å². The number of amides is 1. The predicted molar refractivity (Wildman–Crippen MR) is 61.2 cm³/mol. The van der Waals surface area contributed by atoms with Crippen LogP contribution in [-0.2, 0) is 24.8 Å². The van der Waals surface area contributed by atoms with Gasteiger partial charge in [-0.15, -0.1) is 0 Å². The van der Waals surface area contributed by atoms with Crippen LogP contribution in [0.25, 0.3) is 0 Å². The molecule has 1 amide bonds. The number of hydrogen-bond acceptors (Lipinski definition) is 4. The molecule has 0 unspecified atom stereocenters. The van der Waals surface area contributed by atoms with Crippen molar-refractivity contribution in [1.82, 2.24) is 15.1 Å². The van der Waals surface area contributed by atoms with Gasteiger partial charge in [0.25, 0.3) is 0 Å². The van der Waals surface area contributed by atoms with Crippen molar-refractivity contribution < 1.29 is 9.53 Å². The van der Waals surface area contributed by atoms with Crippen LogP contribution in [-0.4, -0.2) is 22.8 Å². The summed E-state index contributed by atoms with van der Waals surface area (Å²) in [6.45, 7) is 2.32. The molecule has 0 aliphatic heterocycles. The summed E-state index contributed by atoms with van der Waals surface area (Å²) in [6.07, 6.45) is 0.630. The van der Waals surface area contributed by atoms with Crippen LogP contribution in [0.4, 0.5) is 0 Å². The summed E-state index contributed by atoms with van der Waals surface area (Å²) >= 11 is 0. The highest BCUT2D eigenvalue weighted by Gasteiger charge is 2.15. The summed E-state index contributed by atoms with van der Waals surface area (Å²) in [4.78, 5) is 11.2. The molecular formula is C11H16N4O2. The van der Waals surface area contributed by atoms with Gasteiger partial charge in [0, 0.05) is 13.6 Å². The summed E-state index contributed by atoms with van der Waals surface area (Å²) in [5.74, 6) is 0.347. The lowest BCUT2D eigenvalue weighted by Gasteiger charge is -2.06. The summed E-state index contributed by atoms with van der Waals surface area (Å²) in [7, 11) is 3.36. The number of aromatic nitrogens is 2. The van der Waals surface area contributed by atoms with E-state index in [1.807, 2.05) is 6.92 Å². The quantitative estimate of drug-likeness (QED) is 0.808. The first kappa shape index (κ1) is 13.0. The minimum absolute atomic E-state index is 0.135. The third kappa shape index (κ3) is 2.97. The van der Waals surface area contributed by atoms with Gasteiger partial charge in [-0.2, -0.15) is 10.4 Å². The Hall–Kier alpha value is -2.03. The summed E-state index contributed by atoms with van der Waals surface area (Å²) < 4.78 is 6.88. The van der Waals surface area contributed by atoms with E-state index in [9.17, 15) is 4.79 Å². The van der Waals surface area contributed by atoms with Crippen LogP contribution in [0.3, 0.4) is 0 Å². The molecule has 0 aliphatic carbocycles. The van der Waals surface area contributed by atoms with E-state index < -0.39 is 0 Å². The molecule has 0 radical (unpaired) electrons. The van der Waals surface area contributed by atoms with E-state index in [0.29, 0.717) is 12.4 Å². The topological polar surface area (TPSA) is 79.9 Å². The van der Waals surface area contributed by atoms with Gasteiger partial charge in [-0.05, 0) is 6.42 Å². The van der Waals surface area contributed by atoms with Crippen molar-refractivity contribution >= 4 is 5.91 Å². The zero-order chi connectivity index (χ0) is 12.8. The van der Waals surface area contributed by atoms with Crippen LogP contribution >= 0.6 is 0 Å². The molecule has 1 aromatic heterocycles. The highest BCUT2D eigenvalue weighted by Crippen LogP contribution is 2.21. The fraction of sp³-hybridized carbons (Fsp3) is 0.545. The van der Waals surface area contributed by atoms with E-state index in [0.717, 1.165) is 17.7 Å². The molecule has 0 saturated carbocycles. The summed E-state index contributed by atoms with van der Waals surface area (Å²) in [5.41, 5.74) is 1.75. The van der Waals surface area contributed by atoms with Crippen LogP contribution in [0.1, 0.15) is 24.6 Å². The SMILES string of the molecule is CCc1nn(C)c(OC)c1CNC(=O)CC#N. The lowest BCUT2D eigenvalue weighted by molar-refractivity contribution is -0.120. The molecule has 1 aromatic rings. The molecule has 0 spiro atoms. The maximum atomic E-state index is 11.2. The predicted octanol–water partition coefficient (Wildman–Crippen LogP) is 0.521. The fourth-order valence-electron chi connectivity index (χ4n) is 1.64. The van der Waals surface area contributed by atoms with E-state index in [1.54, 1.807) is 24.9 Å². The van der Waals surface area contributed by atoms with Gasteiger partial charge in [-0.25, -0.2) is 4.68 Å². The molecule has 0 aromatic carbocycles. The van der Waals surface area contributed by atoms with E-state index >= 15 is 0 Å². The lowest BCUT2D eigenvalue weighted by Crippen LogP contribution is -2.22. The number of carbonyl (C=O) groups excluding carboxylic acids is 1. The number of carbonyl (C=O) groups is 1. The molecule has 0 aliphatic rings. The highest BCUT2D eigenvalue weighted by molar-refractivity contribution is 5.78. The molecule has 17 heavy (non-hydrogen) atoms. The van der Waals surface area contributed by atoms with Crippen LogP contribution < -0.4 is 10.1 Å². The molecule has 6 heteroatoms. The van der Waals surface area contributed by atoms with Gasteiger partial charge >= 0.3 is 0 Å². The molecule has 1 rings (SSSR count). The Morgan fingerprint density at radius 2 is 2.35 bits per heavy atom. The Labute approximate surface area is 100 Å². The lowest BCUT2D eigenvalue weighted by atomic mass is 10.2. The van der Waals surface area contributed by atoms with Gasteiger partial charge in [0.05, 0.1) is 24.4 Å². The summed E-state index contributed by atoms with van der Waals surface area (Å²) in [5, 5.41) is 15.4. The number of nitriles is 1. The number of aryl methyl sites for hydroxylation is 2. The molecule has 1 heterocycles. The van der Waals surface area contributed by atoms with Crippen molar-refractivity contribution in [3.8, 4) is 11.9 Å². The molecule has 6 nitrogen and oxygen atoms in total. The maximum absolute atomic E-state index is 11.2. The first-order chi connectivity index (χ1) is 8.13. The average Bonchev–Trinajstić information content (AvgIpc) is 2.62. The second-order valence-electron chi connectivity index (χ2n) is 3.52. The Balaban J connectivity index is 2.82. The number of ether oxygens (including phenoxy) is 1. The summed E-state index contributed by atoms with van der Waals surface area (Å²) in [6, 6.07) is 1.80. The third-order valence-corrected chi connectivity index (χ3v) is 2.40. The van der Waals surface area contributed by atoms with E-state index in [4.69, 9.17) is 10.00 Å². The van der Waals surface area contributed by atoms with E-state index in [-0.39, 0.29) is 12.3 Å². The standard InChI is InChI=1S/C11H16N4O2/c1-4-9-8(7-13-10(16)5-6-12)11(17-3)15(2)14-9/h4-5,7H2,1-3H3,(H,13,16). The molecule has 0 atom stereocenters. The monoisotopic (exact) mass is 236 g/mol. The molecule has 1 N–H and O–H groups in total. The first-order valence-corrected chi connectivity index (χ1v) is 5.36. The Morgan fingerprint density at radius 3 is 2.88 bits per heavy atom. The number of rotatable bonds is 5. The van der Waals surface area contributed by atoms with Crippen LogP contribution in [0, 0.1) is 11.3 Å². The minimum Gasteiger partial charge on any atom is -0.481 e. The van der Waals surface area contributed by atoms with Crippen molar-refractivity contribution in [3.05, 3.63) is 11.3 Å².